The van der Waals surface area contributed by atoms with Crippen molar-refractivity contribution in [3.05, 3.63) is 35.7 Å². The highest BCUT2D eigenvalue weighted by Crippen LogP contribution is 2.34. The fourth-order valence-electron chi connectivity index (χ4n) is 5.65. The topological polar surface area (TPSA) is 63.4 Å². The average molecular weight is 471 g/mol. The molecule has 6 nitrogen and oxygen atoms in total. The van der Waals surface area contributed by atoms with Crippen LogP contribution in [0.4, 0.5) is 0 Å². The van der Waals surface area contributed by atoms with Crippen molar-refractivity contribution in [3.8, 4) is 5.75 Å². The third-order valence-corrected chi connectivity index (χ3v) is 8.87. The van der Waals surface area contributed by atoms with Crippen LogP contribution in [0.15, 0.2) is 29.4 Å². The number of ether oxygens (including phenoxy) is 1. The third-order valence-electron chi connectivity index (χ3n) is 7.67. The Morgan fingerprint density at radius 3 is 2.55 bits per heavy atom. The standard InChI is InChI=1S/C26H38N4O2S/c31-24-11-5-4-9-22(24)17-29-14-12-21(13-15-29)25-27-28-26(30(25)18-23-10-6-16-32-23)33-19-20-7-2-1-3-8-20/h4-5,9,11,20-21,23,31H,1-3,6-8,10,12-19H2/t23-/m0/s1. The van der Waals surface area contributed by atoms with Gasteiger partial charge in [0.1, 0.15) is 11.6 Å². The molecule has 1 saturated carbocycles. The van der Waals surface area contributed by atoms with Gasteiger partial charge < -0.3 is 14.4 Å². The fourth-order valence-corrected chi connectivity index (χ4v) is 6.79. The van der Waals surface area contributed by atoms with Crippen LogP contribution in [0.3, 0.4) is 0 Å². The number of phenols is 1. The second kappa shape index (κ2) is 11.2. The number of para-hydroxylation sites is 1. The molecular weight excluding hydrogens is 432 g/mol. The highest BCUT2D eigenvalue weighted by molar-refractivity contribution is 7.99. The first kappa shape index (κ1) is 23.2. The number of aromatic nitrogens is 3. The molecule has 1 atom stereocenters. The summed E-state index contributed by atoms with van der Waals surface area (Å²) in [4.78, 5) is 2.45. The molecule has 3 heterocycles. The van der Waals surface area contributed by atoms with Crippen LogP contribution in [0.25, 0.3) is 0 Å². The molecule has 0 bridgehead atoms. The highest BCUT2D eigenvalue weighted by Gasteiger charge is 2.29. The fraction of sp³-hybridized carbons (Fsp3) is 0.692. The van der Waals surface area contributed by atoms with Crippen LogP contribution in [0.1, 0.15) is 75.1 Å². The first-order valence-electron chi connectivity index (χ1n) is 12.9. The molecule has 7 heteroatoms. The summed E-state index contributed by atoms with van der Waals surface area (Å²) in [6, 6.07) is 7.69. The lowest BCUT2D eigenvalue weighted by molar-refractivity contribution is 0.0931. The van der Waals surface area contributed by atoms with Gasteiger partial charge in [0.2, 0.25) is 0 Å². The summed E-state index contributed by atoms with van der Waals surface area (Å²) in [6.07, 6.45) is 11.7. The van der Waals surface area contributed by atoms with Gasteiger partial charge in [-0.2, -0.15) is 0 Å². The van der Waals surface area contributed by atoms with Gasteiger partial charge in [0, 0.05) is 30.4 Å². The second-order valence-electron chi connectivity index (χ2n) is 10.1. The first-order valence-corrected chi connectivity index (χ1v) is 13.9. The lowest BCUT2D eigenvalue weighted by Crippen LogP contribution is -2.33. The Balaban J connectivity index is 1.24. The molecule has 0 amide bonds. The summed E-state index contributed by atoms with van der Waals surface area (Å²) < 4.78 is 8.40. The average Bonchev–Trinajstić information content (AvgIpc) is 3.51. The SMILES string of the molecule is Oc1ccccc1CN1CCC(c2nnc(SCC3CCCCC3)n2C[C@@H]2CCCO2)CC1. The van der Waals surface area contributed by atoms with Gasteiger partial charge in [-0.1, -0.05) is 49.2 Å². The minimum atomic E-state index is 0.301. The summed E-state index contributed by atoms with van der Waals surface area (Å²) in [5, 5.41) is 20.7. The van der Waals surface area contributed by atoms with Gasteiger partial charge in [-0.3, -0.25) is 4.90 Å². The summed E-state index contributed by atoms with van der Waals surface area (Å²) in [7, 11) is 0. The van der Waals surface area contributed by atoms with Crippen LogP contribution in [-0.2, 0) is 17.8 Å². The van der Waals surface area contributed by atoms with Gasteiger partial charge in [-0.25, -0.2) is 0 Å². The van der Waals surface area contributed by atoms with E-state index >= 15 is 0 Å². The molecule has 3 aliphatic rings. The zero-order chi connectivity index (χ0) is 22.5. The summed E-state index contributed by atoms with van der Waals surface area (Å²) >= 11 is 1.92. The van der Waals surface area contributed by atoms with E-state index in [2.05, 4.69) is 14.6 Å². The first-order chi connectivity index (χ1) is 16.3. The Morgan fingerprint density at radius 1 is 0.970 bits per heavy atom. The lowest BCUT2D eigenvalue weighted by atomic mass is 9.91. The van der Waals surface area contributed by atoms with Gasteiger partial charge in [0.25, 0.3) is 0 Å². The Kier molecular flexibility index (Phi) is 7.89. The number of nitrogens with zero attached hydrogens (tertiary/aromatic N) is 4. The lowest BCUT2D eigenvalue weighted by Gasteiger charge is -2.32. The van der Waals surface area contributed by atoms with Crippen molar-refractivity contribution in [2.75, 3.05) is 25.4 Å². The van der Waals surface area contributed by atoms with E-state index in [1.807, 2.05) is 30.0 Å². The van der Waals surface area contributed by atoms with Crippen LogP contribution in [-0.4, -0.2) is 56.3 Å². The molecule has 1 N–H and O–H groups in total. The number of piperidine rings is 1. The molecule has 2 aromatic rings. The molecule has 0 spiro atoms. The van der Waals surface area contributed by atoms with Crippen LogP contribution >= 0.6 is 11.8 Å². The van der Waals surface area contributed by atoms with E-state index in [9.17, 15) is 5.11 Å². The van der Waals surface area contributed by atoms with E-state index < -0.39 is 0 Å². The van der Waals surface area contributed by atoms with Crippen molar-refractivity contribution in [3.63, 3.8) is 0 Å². The molecule has 33 heavy (non-hydrogen) atoms. The molecule has 2 aliphatic heterocycles. The Bertz CT molecular complexity index is 884. The number of rotatable bonds is 8. The molecule has 3 fully saturated rings. The van der Waals surface area contributed by atoms with Crippen LogP contribution in [0, 0.1) is 5.92 Å². The predicted molar refractivity (Wildman–Crippen MR) is 132 cm³/mol. The molecule has 1 aromatic carbocycles. The normalized spacial score (nSPS) is 23.3. The summed E-state index contributed by atoms with van der Waals surface area (Å²) in [5.41, 5.74) is 1.01. The second-order valence-corrected chi connectivity index (χ2v) is 11.1. The van der Waals surface area contributed by atoms with Crippen molar-refractivity contribution in [1.29, 1.82) is 0 Å². The maximum atomic E-state index is 10.1. The molecular formula is C26H38N4O2S. The molecule has 2 saturated heterocycles. The maximum Gasteiger partial charge on any atom is 0.191 e. The number of hydrogen-bond donors (Lipinski definition) is 1. The number of likely N-dealkylation sites (tertiary alicyclic amines) is 1. The highest BCUT2D eigenvalue weighted by atomic mass is 32.2. The van der Waals surface area contributed by atoms with Gasteiger partial charge in [0.15, 0.2) is 5.16 Å². The largest absolute Gasteiger partial charge is 0.508 e. The summed E-state index contributed by atoms with van der Waals surface area (Å²) in [5.74, 6) is 4.01. The van der Waals surface area contributed by atoms with Gasteiger partial charge in [0.05, 0.1) is 12.6 Å². The maximum absolute atomic E-state index is 10.1. The van der Waals surface area contributed by atoms with Crippen molar-refractivity contribution in [2.24, 2.45) is 5.92 Å². The number of benzene rings is 1. The van der Waals surface area contributed by atoms with E-state index in [0.29, 0.717) is 17.8 Å². The van der Waals surface area contributed by atoms with E-state index in [0.717, 1.165) is 75.1 Å². The Hall–Kier alpha value is -1.57. The van der Waals surface area contributed by atoms with E-state index in [4.69, 9.17) is 9.84 Å². The van der Waals surface area contributed by atoms with Crippen molar-refractivity contribution in [2.45, 2.75) is 88.1 Å². The number of thioether (sulfide) groups is 1. The zero-order valence-electron chi connectivity index (χ0n) is 19.7. The number of aromatic hydroxyl groups is 1. The predicted octanol–water partition coefficient (Wildman–Crippen LogP) is 5.21. The van der Waals surface area contributed by atoms with Crippen LogP contribution < -0.4 is 0 Å². The smallest absolute Gasteiger partial charge is 0.191 e. The van der Waals surface area contributed by atoms with E-state index in [-0.39, 0.29) is 0 Å². The van der Waals surface area contributed by atoms with Gasteiger partial charge in [-0.15, -0.1) is 10.2 Å². The van der Waals surface area contributed by atoms with E-state index in [1.54, 1.807) is 6.07 Å². The van der Waals surface area contributed by atoms with E-state index in [1.165, 1.54) is 43.7 Å². The Morgan fingerprint density at radius 2 is 1.79 bits per heavy atom. The van der Waals surface area contributed by atoms with Crippen LogP contribution in [0.5, 0.6) is 5.75 Å². The molecule has 0 unspecified atom stereocenters. The molecule has 1 aliphatic carbocycles. The summed E-state index contributed by atoms with van der Waals surface area (Å²) in [6.45, 7) is 4.64. The van der Waals surface area contributed by atoms with Gasteiger partial charge >= 0.3 is 0 Å². The number of phenolic OH excluding ortho intramolecular Hbond substituents is 1. The quantitative estimate of drug-likeness (QED) is 0.534. The van der Waals surface area contributed by atoms with Crippen molar-refractivity contribution < 1.29 is 9.84 Å². The molecule has 0 radical (unpaired) electrons. The van der Waals surface area contributed by atoms with Crippen LogP contribution in [0.2, 0.25) is 0 Å². The minimum Gasteiger partial charge on any atom is -0.508 e. The molecule has 5 rings (SSSR count). The number of hydrogen-bond acceptors (Lipinski definition) is 6. The van der Waals surface area contributed by atoms with Crippen molar-refractivity contribution >= 4 is 11.8 Å². The zero-order valence-corrected chi connectivity index (χ0v) is 20.5. The van der Waals surface area contributed by atoms with Gasteiger partial charge in [-0.05, 0) is 63.6 Å². The van der Waals surface area contributed by atoms with Crippen molar-refractivity contribution in [1.82, 2.24) is 19.7 Å². The monoisotopic (exact) mass is 470 g/mol. The minimum absolute atomic E-state index is 0.301. The third kappa shape index (κ3) is 5.92. The Labute approximate surface area is 202 Å². The molecule has 1 aromatic heterocycles. The molecule has 180 valence electrons.